The molecule has 1 aromatic heterocycles. The number of thiophene rings is 1. The van der Waals surface area contributed by atoms with Gasteiger partial charge in [-0.25, -0.2) is 0 Å². The second kappa shape index (κ2) is 3.93. The summed E-state index contributed by atoms with van der Waals surface area (Å²) in [7, 11) is 0. The van der Waals surface area contributed by atoms with Crippen molar-refractivity contribution in [1.29, 1.82) is 0 Å². The van der Waals surface area contributed by atoms with Crippen molar-refractivity contribution in [3.05, 3.63) is 27.5 Å². The molecule has 0 atom stereocenters. The van der Waals surface area contributed by atoms with E-state index < -0.39 is 0 Å². The lowest BCUT2D eigenvalue weighted by Gasteiger charge is -1.89. The number of halogens is 1. The predicted molar refractivity (Wildman–Crippen MR) is 53.4 cm³/mol. The first-order valence-corrected chi connectivity index (χ1v) is 4.87. The summed E-state index contributed by atoms with van der Waals surface area (Å²) in [5.41, 5.74) is 1.22. The molecule has 0 nitrogen and oxygen atoms in total. The predicted octanol–water partition coefficient (Wildman–Crippen LogP) is 3.70. The van der Waals surface area contributed by atoms with E-state index in [1.54, 1.807) is 11.3 Å². The highest BCUT2D eigenvalue weighted by molar-refractivity contribution is 7.12. The molecule has 1 rings (SSSR count). The van der Waals surface area contributed by atoms with Gasteiger partial charge in [0, 0.05) is 15.6 Å². The first-order valence-electron chi connectivity index (χ1n) is 3.52. The molecule has 0 saturated heterocycles. The largest absolute Gasteiger partial charge is 0.141 e. The third-order valence-electron chi connectivity index (χ3n) is 1.36. The quantitative estimate of drug-likeness (QED) is 0.618. The van der Waals surface area contributed by atoms with E-state index >= 15 is 0 Å². The minimum Gasteiger partial charge on any atom is -0.141 e. The minimum atomic E-state index is 0.622. The van der Waals surface area contributed by atoms with Crippen LogP contribution in [0.2, 0.25) is 0 Å². The van der Waals surface area contributed by atoms with Crippen molar-refractivity contribution in [2.24, 2.45) is 0 Å². The molecule has 0 amide bonds. The Morgan fingerprint density at radius 2 is 2.36 bits per heavy atom. The molecule has 0 spiro atoms. The molecule has 0 aliphatic rings. The number of alkyl halides is 1. The maximum Gasteiger partial charge on any atom is 0.0434 e. The Balaban J connectivity index is 2.78. The molecular formula is C9H11ClS. The van der Waals surface area contributed by atoms with Gasteiger partial charge in [0.15, 0.2) is 0 Å². The van der Waals surface area contributed by atoms with Crippen LogP contribution in [0.3, 0.4) is 0 Å². The zero-order valence-corrected chi connectivity index (χ0v) is 8.30. The van der Waals surface area contributed by atoms with Gasteiger partial charge in [0.1, 0.15) is 0 Å². The van der Waals surface area contributed by atoms with E-state index in [9.17, 15) is 0 Å². The standard InChI is InChI=1S/C9H11ClS/c1-7(6-10)5-9-4-3-8(2)11-9/h3-5H,6H2,1-2H3/b7-5-. The molecule has 1 aromatic rings. The van der Waals surface area contributed by atoms with Crippen molar-refractivity contribution in [1.82, 2.24) is 0 Å². The molecule has 0 fully saturated rings. The second-order valence-electron chi connectivity index (χ2n) is 2.57. The van der Waals surface area contributed by atoms with Gasteiger partial charge >= 0.3 is 0 Å². The first kappa shape index (κ1) is 8.82. The Labute approximate surface area is 76.5 Å². The number of allylic oxidation sites excluding steroid dienone is 1. The van der Waals surface area contributed by atoms with E-state index in [-0.39, 0.29) is 0 Å². The lowest BCUT2D eigenvalue weighted by atomic mass is 10.3. The Hall–Kier alpha value is -0.270. The average molecular weight is 187 g/mol. The fourth-order valence-electron chi connectivity index (χ4n) is 0.812. The summed E-state index contributed by atoms with van der Waals surface area (Å²) >= 11 is 7.44. The summed E-state index contributed by atoms with van der Waals surface area (Å²) in [6.45, 7) is 4.15. The van der Waals surface area contributed by atoms with Crippen LogP contribution in [0.15, 0.2) is 17.7 Å². The molecule has 60 valence electrons. The van der Waals surface area contributed by atoms with Crippen LogP contribution in [0, 0.1) is 6.92 Å². The molecule has 0 unspecified atom stereocenters. The van der Waals surface area contributed by atoms with Crippen molar-refractivity contribution >= 4 is 29.0 Å². The number of rotatable bonds is 2. The lowest BCUT2D eigenvalue weighted by Crippen LogP contribution is -1.73. The van der Waals surface area contributed by atoms with Crippen LogP contribution in [0.25, 0.3) is 6.08 Å². The molecule has 2 heteroatoms. The van der Waals surface area contributed by atoms with Crippen LogP contribution in [-0.4, -0.2) is 5.88 Å². The Kier molecular flexibility index (Phi) is 3.16. The third kappa shape index (κ3) is 2.68. The average Bonchev–Trinajstić information content (AvgIpc) is 2.35. The molecule has 11 heavy (non-hydrogen) atoms. The van der Waals surface area contributed by atoms with Crippen molar-refractivity contribution in [3.8, 4) is 0 Å². The van der Waals surface area contributed by atoms with Gasteiger partial charge in [-0.1, -0.05) is 5.57 Å². The summed E-state index contributed by atoms with van der Waals surface area (Å²) < 4.78 is 0. The number of hydrogen-bond acceptors (Lipinski definition) is 1. The van der Waals surface area contributed by atoms with Crippen LogP contribution < -0.4 is 0 Å². The maximum absolute atomic E-state index is 5.65. The summed E-state index contributed by atoms with van der Waals surface area (Å²) in [5.74, 6) is 0.622. The van der Waals surface area contributed by atoms with Gasteiger partial charge in [0.05, 0.1) is 0 Å². The van der Waals surface area contributed by atoms with Gasteiger partial charge in [0.2, 0.25) is 0 Å². The number of aryl methyl sites for hydroxylation is 1. The van der Waals surface area contributed by atoms with Gasteiger partial charge < -0.3 is 0 Å². The van der Waals surface area contributed by atoms with Crippen molar-refractivity contribution in [2.75, 3.05) is 5.88 Å². The van der Waals surface area contributed by atoms with Gasteiger partial charge in [0.25, 0.3) is 0 Å². The van der Waals surface area contributed by atoms with E-state index in [0.717, 1.165) is 0 Å². The van der Waals surface area contributed by atoms with Gasteiger partial charge in [-0.15, -0.1) is 22.9 Å². The van der Waals surface area contributed by atoms with Gasteiger partial charge in [-0.2, -0.15) is 0 Å². The summed E-state index contributed by atoms with van der Waals surface area (Å²) in [5, 5.41) is 0. The SMILES string of the molecule is C/C(=C/c1ccc(C)s1)CCl. The normalized spacial score (nSPS) is 12.1. The summed E-state index contributed by atoms with van der Waals surface area (Å²) in [6, 6.07) is 4.24. The van der Waals surface area contributed by atoms with E-state index in [4.69, 9.17) is 11.6 Å². The number of hydrogen-bond donors (Lipinski definition) is 0. The summed E-state index contributed by atoms with van der Waals surface area (Å²) in [4.78, 5) is 2.64. The van der Waals surface area contributed by atoms with Crippen LogP contribution in [0.4, 0.5) is 0 Å². The monoisotopic (exact) mass is 186 g/mol. The highest BCUT2D eigenvalue weighted by Gasteiger charge is 1.92. The zero-order valence-electron chi connectivity index (χ0n) is 6.73. The molecule has 0 radical (unpaired) electrons. The minimum absolute atomic E-state index is 0.622. The molecule has 0 aliphatic heterocycles. The Bertz CT molecular complexity index is 260. The molecular weight excluding hydrogens is 176 g/mol. The second-order valence-corrected chi connectivity index (χ2v) is 4.16. The first-order chi connectivity index (χ1) is 5.22. The third-order valence-corrected chi connectivity index (χ3v) is 2.73. The van der Waals surface area contributed by atoms with E-state index in [2.05, 4.69) is 25.1 Å². The van der Waals surface area contributed by atoms with Crippen molar-refractivity contribution < 1.29 is 0 Å². The molecule has 0 saturated carbocycles. The lowest BCUT2D eigenvalue weighted by molar-refractivity contribution is 1.44. The Morgan fingerprint density at radius 1 is 1.64 bits per heavy atom. The van der Waals surface area contributed by atoms with Crippen LogP contribution >= 0.6 is 22.9 Å². The van der Waals surface area contributed by atoms with Crippen molar-refractivity contribution in [2.45, 2.75) is 13.8 Å². The topological polar surface area (TPSA) is 0 Å². The van der Waals surface area contributed by atoms with Crippen LogP contribution in [-0.2, 0) is 0 Å². The molecule has 0 N–H and O–H groups in total. The van der Waals surface area contributed by atoms with Gasteiger partial charge in [-0.3, -0.25) is 0 Å². The van der Waals surface area contributed by atoms with E-state index in [1.807, 2.05) is 6.92 Å². The summed E-state index contributed by atoms with van der Waals surface area (Å²) in [6.07, 6.45) is 2.13. The fraction of sp³-hybridized carbons (Fsp3) is 0.333. The maximum atomic E-state index is 5.65. The highest BCUT2D eigenvalue weighted by Crippen LogP contribution is 2.18. The smallest absolute Gasteiger partial charge is 0.0434 e. The van der Waals surface area contributed by atoms with Crippen molar-refractivity contribution in [3.63, 3.8) is 0 Å². The Morgan fingerprint density at radius 3 is 2.82 bits per heavy atom. The fourth-order valence-corrected chi connectivity index (χ4v) is 1.79. The van der Waals surface area contributed by atoms with Crippen LogP contribution in [0.5, 0.6) is 0 Å². The van der Waals surface area contributed by atoms with Crippen LogP contribution in [0.1, 0.15) is 16.7 Å². The molecule has 0 aromatic carbocycles. The molecule has 1 heterocycles. The van der Waals surface area contributed by atoms with Gasteiger partial charge in [-0.05, 0) is 32.1 Å². The molecule has 0 aliphatic carbocycles. The molecule has 0 bridgehead atoms. The zero-order chi connectivity index (χ0) is 8.27. The van der Waals surface area contributed by atoms with E-state index in [1.165, 1.54) is 15.3 Å². The highest BCUT2D eigenvalue weighted by atomic mass is 35.5. The van der Waals surface area contributed by atoms with E-state index in [0.29, 0.717) is 5.88 Å².